The molecule has 4 fully saturated rings. The second kappa shape index (κ2) is 7.18. The number of rotatable bonds is 1. The Balaban J connectivity index is 1.34. The van der Waals surface area contributed by atoms with Crippen LogP contribution in [0.25, 0.3) is 0 Å². The van der Waals surface area contributed by atoms with Gasteiger partial charge in [-0.25, -0.2) is 4.79 Å². The second-order valence-electron chi connectivity index (χ2n) is 9.49. The number of nitrogens with one attached hydrogen (secondary N) is 1. The van der Waals surface area contributed by atoms with Gasteiger partial charge < -0.3 is 10.2 Å². The van der Waals surface area contributed by atoms with Crippen LogP contribution in [0.1, 0.15) is 70.6 Å². The normalized spacial score (nSPS) is 38.2. The molecule has 4 heteroatoms. The van der Waals surface area contributed by atoms with Gasteiger partial charge in [0.1, 0.15) is 0 Å². The third-order valence-electron chi connectivity index (χ3n) is 7.85. The van der Waals surface area contributed by atoms with E-state index in [0.29, 0.717) is 18.0 Å². The van der Waals surface area contributed by atoms with Crippen molar-refractivity contribution in [3.8, 4) is 0 Å². The van der Waals surface area contributed by atoms with Crippen LogP contribution in [-0.2, 0) is 0 Å². The van der Waals surface area contributed by atoms with Crippen molar-refractivity contribution in [3.05, 3.63) is 11.6 Å². The second-order valence-corrected chi connectivity index (χ2v) is 9.49. The quantitative estimate of drug-likeness (QED) is 0.722. The monoisotopic (exact) mass is 357 g/mol. The summed E-state index contributed by atoms with van der Waals surface area (Å²) in [6, 6.07) is 1.82. The molecule has 3 heterocycles. The number of hydrogen-bond acceptors (Lipinski definition) is 2. The van der Waals surface area contributed by atoms with Gasteiger partial charge in [-0.15, -0.1) is 0 Å². The molecule has 3 saturated heterocycles. The number of likely N-dealkylation sites (tertiary alicyclic amines) is 1. The summed E-state index contributed by atoms with van der Waals surface area (Å²) in [5.41, 5.74) is 1.60. The molecule has 1 N–H and O–H groups in total. The largest absolute Gasteiger partial charge is 0.335 e. The zero-order chi connectivity index (χ0) is 17.5. The lowest BCUT2D eigenvalue weighted by atomic mass is 9.68. The number of hydrogen-bond donors (Lipinski definition) is 1. The molecular formula is C22H35N3O. The predicted octanol–water partition coefficient (Wildman–Crippen LogP) is 3.92. The van der Waals surface area contributed by atoms with Gasteiger partial charge in [-0.2, -0.15) is 0 Å². The van der Waals surface area contributed by atoms with Crippen LogP contribution in [0, 0.1) is 11.8 Å². The summed E-state index contributed by atoms with van der Waals surface area (Å²) in [4.78, 5) is 18.1. The topological polar surface area (TPSA) is 35.6 Å². The van der Waals surface area contributed by atoms with Crippen LogP contribution in [0.5, 0.6) is 0 Å². The van der Waals surface area contributed by atoms with E-state index in [-0.39, 0.29) is 6.03 Å². The molecular weight excluding hydrogens is 322 g/mol. The van der Waals surface area contributed by atoms with Crippen LogP contribution in [-0.4, -0.2) is 53.6 Å². The number of carbonyl (C=O) groups is 1. The van der Waals surface area contributed by atoms with Crippen molar-refractivity contribution in [2.24, 2.45) is 11.8 Å². The minimum atomic E-state index is 0.228. The minimum Gasteiger partial charge on any atom is -0.335 e. The molecule has 4 atom stereocenters. The van der Waals surface area contributed by atoms with Gasteiger partial charge in [-0.3, -0.25) is 4.90 Å². The lowest BCUT2D eigenvalue weighted by Gasteiger charge is -2.54. The van der Waals surface area contributed by atoms with Crippen LogP contribution in [0.2, 0.25) is 0 Å². The number of nitrogens with zero attached hydrogens (tertiary/aromatic N) is 2. The molecule has 2 amide bonds. The van der Waals surface area contributed by atoms with Gasteiger partial charge in [0, 0.05) is 25.2 Å². The molecule has 1 saturated carbocycles. The van der Waals surface area contributed by atoms with Crippen LogP contribution >= 0.6 is 0 Å². The Morgan fingerprint density at radius 2 is 1.85 bits per heavy atom. The Labute approximate surface area is 158 Å². The molecule has 4 nitrogen and oxygen atoms in total. The molecule has 5 rings (SSSR count). The van der Waals surface area contributed by atoms with Gasteiger partial charge in [0.15, 0.2) is 0 Å². The van der Waals surface area contributed by atoms with Crippen molar-refractivity contribution >= 4 is 6.03 Å². The molecule has 4 unspecified atom stereocenters. The number of piperidine rings is 3. The Morgan fingerprint density at radius 1 is 1.00 bits per heavy atom. The Morgan fingerprint density at radius 3 is 2.73 bits per heavy atom. The predicted molar refractivity (Wildman–Crippen MR) is 104 cm³/mol. The van der Waals surface area contributed by atoms with Crippen LogP contribution in [0.3, 0.4) is 0 Å². The first-order valence-electron chi connectivity index (χ1n) is 11.3. The van der Waals surface area contributed by atoms with E-state index >= 15 is 0 Å². The summed E-state index contributed by atoms with van der Waals surface area (Å²) in [5.74, 6) is 1.41. The van der Waals surface area contributed by atoms with E-state index in [2.05, 4.69) is 21.2 Å². The number of fused-ring (bicyclic) bond motifs is 6. The van der Waals surface area contributed by atoms with Crippen molar-refractivity contribution in [2.45, 2.75) is 88.8 Å². The van der Waals surface area contributed by atoms with Gasteiger partial charge in [0.05, 0.1) is 6.04 Å². The van der Waals surface area contributed by atoms with Gasteiger partial charge in [0.2, 0.25) is 0 Å². The molecule has 26 heavy (non-hydrogen) atoms. The Bertz CT molecular complexity index is 568. The van der Waals surface area contributed by atoms with Crippen molar-refractivity contribution in [1.29, 1.82) is 0 Å². The molecule has 2 aliphatic carbocycles. The average Bonchev–Trinajstić information content (AvgIpc) is 2.68. The number of amides is 2. The van der Waals surface area contributed by atoms with Gasteiger partial charge in [0.25, 0.3) is 0 Å². The summed E-state index contributed by atoms with van der Waals surface area (Å²) < 4.78 is 0. The van der Waals surface area contributed by atoms with Crippen LogP contribution in [0.15, 0.2) is 11.6 Å². The van der Waals surface area contributed by atoms with E-state index in [0.717, 1.165) is 24.9 Å². The zero-order valence-corrected chi connectivity index (χ0v) is 16.2. The van der Waals surface area contributed by atoms with Crippen molar-refractivity contribution < 1.29 is 4.79 Å². The Kier molecular flexibility index (Phi) is 4.72. The maximum atomic E-state index is 13.1. The number of urea groups is 1. The molecule has 0 aromatic rings. The highest BCUT2D eigenvalue weighted by molar-refractivity contribution is 5.75. The highest BCUT2D eigenvalue weighted by Gasteiger charge is 2.47. The molecule has 0 aromatic heterocycles. The highest BCUT2D eigenvalue weighted by Crippen LogP contribution is 2.45. The van der Waals surface area contributed by atoms with E-state index < -0.39 is 0 Å². The zero-order valence-electron chi connectivity index (χ0n) is 16.2. The molecule has 0 spiro atoms. The third kappa shape index (κ3) is 3.08. The van der Waals surface area contributed by atoms with E-state index in [1.165, 1.54) is 77.3 Å². The van der Waals surface area contributed by atoms with E-state index in [4.69, 9.17) is 0 Å². The van der Waals surface area contributed by atoms with E-state index in [1.807, 2.05) is 0 Å². The molecule has 0 radical (unpaired) electrons. The van der Waals surface area contributed by atoms with Crippen molar-refractivity contribution in [3.63, 3.8) is 0 Å². The maximum absolute atomic E-state index is 13.1. The first-order valence-corrected chi connectivity index (χ1v) is 11.3. The molecule has 144 valence electrons. The Hall–Kier alpha value is -1.03. The summed E-state index contributed by atoms with van der Waals surface area (Å²) in [6.07, 6.45) is 16.7. The van der Waals surface area contributed by atoms with Gasteiger partial charge in [-0.1, -0.05) is 37.3 Å². The first kappa shape index (κ1) is 17.1. The molecule has 2 bridgehead atoms. The van der Waals surface area contributed by atoms with Gasteiger partial charge >= 0.3 is 6.03 Å². The van der Waals surface area contributed by atoms with E-state index in [9.17, 15) is 4.79 Å². The molecule has 0 aromatic carbocycles. The van der Waals surface area contributed by atoms with Crippen LogP contribution in [0.4, 0.5) is 4.79 Å². The maximum Gasteiger partial charge on any atom is 0.318 e. The number of carbonyl (C=O) groups excluding carboxylic acids is 1. The smallest absolute Gasteiger partial charge is 0.318 e. The van der Waals surface area contributed by atoms with E-state index in [1.54, 1.807) is 5.57 Å². The summed E-state index contributed by atoms with van der Waals surface area (Å²) in [7, 11) is 0. The lowest BCUT2D eigenvalue weighted by Crippen LogP contribution is -2.61. The molecule has 3 aliphatic heterocycles. The fourth-order valence-corrected chi connectivity index (χ4v) is 6.71. The molecule has 5 aliphatic rings. The van der Waals surface area contributed by atoms with Gasteiger partial charge in [-0.05, 0) is 63.3 Å². The average molecular weight is 358 g/mol. The van der Waals surface area contributed by atoms with Crippen LogP contribution < -0.4 is 5.32 Å². The van der Waals surface area contributed by atoms with Crippen molar-refractivity contribution in [1.82, 2.24) is 15.1 Å². The fourth-order valence-electron chi connectivity index (χ4n) is 6.71. The SMILES string of the molecule is O=C(NC1CCCCC1)N1CCCC2=CC3CC(CN4CCCCC34)C21. The fraction of sp³-hybridized carbons (Fsp3) is 0.864. The summed E-state index contributed by atoms with van der Waals surface area (Å²) in [5, 5.41) is 3.40. The first-order chi connectivity index (χ1) is 12.8. The summed E-state index contributed by atoms with van der Waals surface area (Å²) >= 11 is 0. The minimum absolute atomic E-state index is 0.228. The third-order valence-corrected chi connectivity index (χ3v) is 7.85. The van der Waals surface area contributed by atoms with Crippen molar-refractivity contribution in [2.75, 3.05) is 19.6 Å². The standard InChI is InChI=1S/C22H35N3O/c26-22(23-19-8-2-1-3-9-19)25-12-6-7-16-13-17-14-18(21(16)25)15-24-11-5-4-10-20(17)24/h13,17-21H,1-12,14-15H2,(H,23,26). The summed E-state index contributed by atoms with van der Waals surface area (Å²) in [6.45, 7) is 3.45. The lowest BCUT2D eigenvalue weighted by molar-refractivity contribution is 0.00757. The highest BCUT2D eigenvalue weighted by atomic mass is 16.2.